The van der Waals surface area contributed by atoms with Crippen LogP contribution in [0.3, 0.4) is 0 Å². The van der Waals surface area contributed by atoms with E-state index >= 15 is 0 Å². The first-order valence-corrected chi connectivity index (χ1v) is 7.08. The van der Waals surface area contributed by atoms with Crippen LogP contribution in [0.15, 0.2) is 0 Å². The lowest BCUT2D eigenvalue weighted by Crippen LogP contribution is -2.64. The Balaban J connectivity index is 2.11. The van der Waals surface area contributed by atoms with Crippen molar-refractivity contribution in [2.24, 2.45) is 0 Å². The predicted octanol–water partition coefficient (Wildman–Crippen LogP) is -5.40. The van der Waals surface area contributed by atoms with Crippen LogP contribution in [-0.2, 0) is 14.2 Å². The molecule has 23 heavy (non-hydrogen) atoms. The van der Waals surface area contributed by atoms with Gasteiger partial charge in [0, 0.05) is 0 Å². The molecular formula is C12H22O11. The van der Waals surface area contributed by atoms with E-state index in [4.69, 9.17) is 24.4 Å². The first-order valence-electron chi connectivity index (χ1n) is 7.08. The van der Waals surface area contributed by atoms with Crippen LogP contribution in [0.1, 0.15) is 0 Å². The number of aliphatic hydroxyl groups excluding tert-OH is 8. The molecule has 10 atom stereocenters. The summed E-state index contributed by atoms with van der Waals surface area (Å²) in [6.45, 7) is -1.34. The van der Waals surface area contributed by atoms with Gasteiger partial charge in [0.25, 0.3) is 0 Å². The van der Waals surface area contributed by atoms with E-state index in [1.54, 1.807) is 0 Å². The Kier molecular flexibility index (Phi) is 6.27. The van der Waals surface area contributed by atoms with Crippen LogP contribution in [0.25, 0.3) is 0 Å². The van der Waals surface area contributed by atoms with Gasteiger partial charge in [0.2, 0.25) is 0 Å². The third-order valence-electron chi connectivity index (χ3n) is 3.98. The lowest BCUT2D eigenvalue weighted by atomic mass is 9.97. The Morgan fingerprint density at radius 2 is 1.22 bits per heavy atom. The summed E-state index contributed by atoms with van der Waals surface area (Å²) in [7, 11) is 0. The highest BCUT2D eigenvalue weighted by molar-refractivity contribution is 4.93. The maximum Gasteiger partial charge on any atom is 0.187 e. The molecule has 2 heterocycles. The molecular weight excluding hydrogens is 320 g/mol. The number of hydrogen-bond donors (Lipinski definition) is 8. The molecule has 2 rings (SSSR count). The van der Waals surface area contributed by atoms with Crippen LogP contribution in [0.4, 0.5) is 0 Å². The van der Waals surface area contributed by atoms with E-state index in [-0.39, 0.29) is 0 Å². The normalized spacial score (nSPS) is 51.7. The van der Waals surface area contributed by atoms with Gasteiger partial charge >= 0.3 is 0 Å². The van der Waals surface area contributed by atoms with Crippen LogP contribution in [-0.4, -0.2) is 115 Å². The minimum atomic E-state index is -1.76. The molecule has 0 radical (unpaired) electrons. The van der Waals surface area contributed by atoms with Crippen LogP contribution in [0.2, 0.25) is 0 Å². The smallest absolute Gasteiger partial charge is 0.187 e. The van der Waals surface area contributed by atoms with Gasteiger partial charge < -0.3 is 55.1 Å². The van der Waals surface area contributed by atoms with Crippen molar-refractivity contribution in [2.75, 3.05) is 13.2 Å². The van der Waals surface area contributed by atoms with Gasteiger partial charge in [-0.2, -0.15) is 0 Å². The van der Waals surface area contributed by atoms with Gasteiger partial charge in [0.1, 0.15) is 48.8 Å². The molecule has 0 aromatic heterocycles. The third kappa shape index (κ3) is 3.65. The van der Waals surface area contributed by atoms with Crippen molar-refractivity contribution in [3.8, 4) is 0 Å². The molecule has 0 spiro atoms. The van der Waals surface area contributed by atoms with Gasteiger partial charge in [0.05, 0.1) is 13.2 Å². The van der Waals surface area contributed by atoms with Crippen molar-refractivity contribution in [1.82, 2.24) is 0 Å². The molecule has 0 aromatic rings. The second-order valence-corrected chi connectivity index (χ2v) is 5.53. The fourth-order valence-electron chi connectivity index (χ4n) is 2.56. The van der Waals surface area contributed by atoms with Crippen molar-refractivity contribution in [2.45, 2.75) is 61.4 Å². The maximum absolute atomic E-state index is 10.00. The molecule has 136 valence electrons. The van der Waals surface area contributed by atoms with Crippen LogP contribution >= 0.6 is 0 Å². The van der Waals surface area contributed by atoms with E-state index < -0.39 is 74.6 Å². The molecule has 0 unspecified atom stereocenters. The fourth-order valence-corrected chi connectivity index (χ4v) is 2.56. The molecule has 2 fully saturated rings. The molecule has 11 heteroatoms. The van der Waals surface area contributed by atoms with Crippen LogP contribution in [0.5, 0.6) is 0 Å². The summed E-state index contributed by atoms with van der Waals surface area (Å²) >= 11 is 0. The van der Waals surface area contributed by atoms with Crippen LogP contribution in [0, 0.1) is 0 Å². The standard InChI is InChI=1S/C12H22O11/c13-1-3-5(15)7(17)8(18)12(22-3)23-10-6(16)4(2-14)21-11(20)9(10)19/h3-20H,1-2H2/t3-,4-,5-,6+,7+,8+,9-,10+,11+,12+/m1/s1. The Morgan fingerprint density at radius 1 is 0.652 bits per heavy atom. The molecule has 2 aliphatic rings. The van der Waals surface area contributed by atoms with Gasteiger partial charge in [0.15, 0.2) is 12.6 Å². The minimum absolute atomic E-state index is 0.667. The molecule has 8 N–H and O–H groups in total. The second-order valence-electron chi connectivity index (χ2n) is 5.53. The molecule has 11 nitrogen and oxygen atoms in total. The largest absolute Gasteiger partial charge is 0.394 e. The van der Waals surface area contributed by atoms with Gasteiger partial charge in [-0.1, -0.05) is 0 Å². The summed E-state index contributed by atoms with van der Waals surface area (Å²) in [5.74, 6) is 0. The Bertz CT molecular complexity index is 380. The highest BCUT2D eigenvalue weighted by Gasteiger charge is 2.50. The third-order valence-corrected chi connectivity index (χ3v) is 3.98. The number of aliphatic hydroxyl groups is 8. The van der Waals surface area contributed by atoms with E-state index in [1.807, 2.05) is 0 Å². The first kappa shape index (κ1) is 18.9. The second kappa shape index (κ2) is 7.63. The van der Waals surface area contributed by atoms with Crippen molar-refractivity contribution in [1.29, 1.82) is 0 Å². The predicted molar refractivity (Wildman–Crippen MR) is 68.6 cm³/mol. The van der Waals surface area contributed by atoms with Gasteiger partial charge in [-0.15, -0.1) is 0 Å². The zero-order valence-electron chi connectivity index (χ0n) is 12.0. The Labute approximate surface area is 130 Å². The topological polar surface area (TPSA) is 190 Å². The quantitative estimate of drug-likeness (QED) is 0.243. The zero-order chi connectivity index (χ0) is 17.3. The maximum atomic E-state index is 10.00. The van der Waals surface area contributed by atoms with E-state index in [2.05, 4.69) is 0 Å². The van der Waals surface area contributed by atoms with Gasteiger partial charge in [-0.25, -0.2) is 0 Å². The van der Waals surface area contributed by atoms with Gasteiger partial charge in [-0.3, -0.25) is 0 Å². The minimum Gasteiger partial charge on any atom is -0.394 e. The lowest BCUT2D eigenvalue weighted by molar-refractivity contribution is -0.355. The van der Waals surface area contributed by atoms with Gasteiger partial charge in [-0.05, 0) is 0 Å². The summed E-state index contributed by atoms with van der Waals surface area (Å²) in [5.41, 5.74) is 0. The molecule has 0 amide bonds. The fraction of sp³-hybridized carbons (Fsp3) is 1.00. The van der Waals surface area contributed by atoms with E-state index in [0.29, 0.717) is 0 Å². The molecule has 0 bridgehead atoms. The summed E-state index contributed by atoms with van der Waals surface area (Å²) < 4.78 is 15.1. The lowest BCUT2D eigenvalue weighted by Gasteiger charge is -2.45. The number of hydrogen-bond acceptors (Lipinski definition) is 11. The van der Waals surface area contributed by atoms with E-state index in [9.17, 15) is 30.6 Å². The monoisotopic (exact) mass is 342 g/mol. The SMILES string of the molecule is OC[C@H]1O[C@H](O)[C@H](O)[C@@H](O[C@@H]2O[C@H](CO)[C@@H](O)[C@H](O)[C@@H]2O)[C@H]1O. The zero-order valence-corrected chi connectivity index (χ0v) is 12.0. The highest BCUT2D eigenvalue weighted by Crippen LogP contribution is 2.28. The molecule has 0 aromatic carbocycles. The van der Waals surface area contributed by atoms with Crippen LogP contribution < -0.4 is 0 Å². The summed E-state index contributed by atoms with van der Waals surface area (Å²) in [6.07, 6.45) is -15.7. The van der Waals surface area contributed by atoms with Crippen molar-refractivity contribution in [3.63, 3.8) is 0 Å². The van der Waals surface area contributed by atoms with Crippen molar-refractivity contribution in [3.05, 3.63) is 0 Å². The molecule has 0 saturated carbocycles. The first-order chi connectivity index (χ1) is 10.8. The van der Waals surface area contributed by atoms with Crippen molar-refractivity contribution >= 4 is 0 Å². The summed E-state index contributed by atoms with van der Waals surface area (Å²) in [4.78, 5) is 0. The summed E-state index contributed by atoms with van der Waals surface area (Å²) in [6, 6.07) is 0. The van der Waals surface area contributed by atoms with Crippen molar-refractivity contribution < 1.29 is 55.1 Å². The number of ether oxygens (including phenoxy) is 3. The average molecular weight is 342 g/mol. The highest BCUT2D eigenvalue weighted by atomic mass is 16.7. The Hall–Kier alpha value is -0.440. The number of rotatable bonds is 4. The van der Waals surface area contributed by atoms with E-state index in [0.717, 1.165) is 0 Å². The molecule has 2 aliphatic heterocycles. The summed E-state index contributed by atoms with van der Waals surface area (Å²) in [5, 5.41) is 76.8. The molecule has 2 saturated heterocycles. The molecule has 0 aliphatic carbocycles. The average Bonchev–Trinajstić information content (AvgIpc) is 2.54. The Morgan fingerprint density at radius 3 is 1.78 bits per heavy atom. The van der Waals surface area contributed by atoms with E-state index in [1.165, 1.54) is 0 Å².